The third-order valence-corrected chi connectivity index (χ3v) is 2.86. The lowest BCUT2D eigenvalue weighted by atomic mass is 10.1. The third-order valence-electron chi connectivity index (χ3n) is 2.86. The van der Waals surface area contributed by atoms with E-state index in [-0.39, 0.29) is 6.10 Å². The van der Waals surface area contributed by atoms with Gasteiger partial charge in [-0.2, -0.15) is 4.98 Å². The summed E-state index contributed by atoms with van der Waals surface area (Å²) < 4.78 is 10.8. The zero-order valence-electron chi connectivity index (χ0n) is 14.2. The van der Waals surface area contributed by atoms with Crippen molar-refractivity contribution in [1.82, 2.24) is 4.98 Å². The van der Waals surface area contributed by atoms with Gasteiger partial charge in [0, 0.05) is 18.2 Å². The van der Waals surface area contributed by atoms with E-state index in [1.807, 2.05) is 39.0 Å². The van der Waals surface area contributed by atoms with Crippen LogP contribution in [0.15, 0.2) is 42.0 Å². The van der Waals surface area contributed by atoms with Crippen molar-refractivity contribution in [3.63, 3.8) is 0 Å². The number of carboxylic acids is 1. The molecule has 0 unspecified atom stereocenters. The molecule has 0 amide bonds. The molecule has 0 fully saturated rings. The van der Waals surface area contributed by atoms with Gasteiger partial charge in [-0.25, -0.2) is 4.79 Å². The zero-order chi connectivity index (χ0) is 17.4. The van der Waals surface area contributed by atoms with Gasteiger partial charge in [-0.3, -0.25) is 0 Å². The van der Waals surface area contributed by atoms with Crippen LogP contribution >= 0.6 is 0 Å². The van der Waals surface area contributed by atoms with E-state index >= 15 is 0 Å². The van der Waals surface area contributed by atoms with E-state index in [0.29, 0.717) is 17.3 Å². The summed E-state index contributed by atoms with van der Waals surface area (Å²) in [7, 11) is 1.56. The fraction of sp³-hybridized carbons (Fsp3) is 0.333. The van der Waals surface area contributed by atoms with E-state index in [4.69, 9.17) is 14.6 Å². The Morgan fingerprint density at radius 3 is 2.48 bits per heavy atom. The monoisotopic (exact) mass is 317 g/mol. The molecule has 0 aliphatic heterocycles. The highest BCUT2D eigenvalue weighted by Gasteiger charge is 2.07. The van der Waals surface area contributed by atoms with E-state index in [2.05, 4.69) is 4.98 Å². The SMILES string of the molecule is COc1cc(/C(C)=C/C=C/C(C)=C/C(=O)O)cc(OC(C)C)n1. The minimum Gasteiger partial charge on any atom is -0.481 e. The van der Waals surface area contributed by atoms with Crippen LogP contribution in [0.3, 0.4) is 0 Å². The number of carboxylic acid groups (broad SMARTS) is 1. The lowest BCUT2D eigenvalue weighted by Crippen LogP contribution is -2.07. The Labute approximate surface area is 137 Å². The second-order valence-electron chi connectivity index (χ2n) is 5.34. The van der Waals surface area contributed by atoms with Gasteiger partial charge in [0.05, 0.1) is 13.2 Å². The lowest BCUT2D eigenvalue weighted by Gasteiger charge is -2.12. The first-order valence-electron chi connectivity index (χ1n) is 7.31. The number of aromatic nitrogens is 1. The van der Waals surface area contributed by atoms with E-state index in [9.17, 15) is 4.79 Å². The van der Waals surface area contributed by atoms with Crippen molar-refractivity contribution in [2.24, 2.45) is 0 Å². The van der Waals surface area contributed by atoms with Gasteiger partial charge >= 0.3 is 5.97 Å². The number of aliphatic carboxylic acids is 1. The van der Waals surface area contributed by atoms with Gasteiger partial charge < -0.3 is 14.6 Å². The molecule has 5 heteroatoms. The smallest absolute Gasteiger partial charge is 0.328 e. The number of allylic oxidation sites excluding steroid dienone is 5. The molecule has 124 valence electrons. The maximum atomic E-state index is 10.6. The number of hydrogen-bond donors (Lipinski definition) is 1. The summed E-state index contributed by atoms with van der Waals surface area (Å²) in [5.41, 5.74) is 2.58. The summed E-state index contributed by atoms with van der Waals surface area (Å²) in [6, 6.07) is 3.68. The molecular formula is C18H23NO4. The van der Waals surface area contributed by atoms with Gasteiger partial charge in [-0.05, 0) is 44.4 Å². The minimum atomic E-state index is -0.956. The predicted molar refractivity (Wildman–Crippen MR) is 90.7 cm³/mol. The summed E-state index contributed by atoms with van der Waals surface area (Å²) in [5, 5.41) is 8.67. The third kappa shape index (κ3) is 6.82. The Bertz CT molecular complexity index is 642. The quantitative estimate of drug-likeness (QED) is 0.611. The molecule has 0 radical (unpaired) electrons. The molecule has 0 saturated heterocycles. The summed E-state index contributed by atoms with van der Waals surface area (Å²) in [5.74, 6) is 0.0343. The Morgan fingerprint density at radius 2 is 1.91 bits per heavy atom. The van der Waals surface area contributed by atoms with Crippen LogP contribution in [0.25, 0.3) is 5.57 Å². The number of methoxy groups -OCH3 is 1. The summed E-state index contributed by atoms with van der Waals surface area (Å²) >= 11 is 0. The topological polar surface area (TPSA) is 68.7 Å². The number of rotatable bonds is 7. The number of ether oxygens (including phenoxy) is 2. The van der Waals surface area contributed by atoms with Gasteiger partial charge in [0.15, 0.2) is 0 Å². The van der Waals surface area contributed by atoms with Crippen molar-refractivity contribution in [2.75, 3.05) is 7.11 Å². The van der Waals surface area contributed by atoms with Crippen LogP contribution < -0.4 is 9.47 Å². The van der Waals surface area contributed by atoms with Crippen molar-refractivity contribution in [1.29, 1.82) is 0 Å². The fourth-order valence-electron chi connectivity index (χ4n) is 1.80. The molecule has 0 saturated carbocycles. The standard InChI is InChI=1S/C18H23NO4/c1-12(2)23-17-11-15(10-16(19-17)22-5)14(4)8-6-7-13(3)9-18(20)21/h6-12H,1-5H3,(H,20,21)/b7-6+,13-9+,14-8+. The molecule has 1 N–H and O–H groups in total. The first-order valence-corrected chi connectivity index (χ1v) is 7.31. The van der Waals surface area contributed by atoms with Gasteiger partial charge in [-0.15, -0.1) is 0 Å². The van der Waals surface area contributed by atoms with E-state index in [0.717, 1.165) is 17.2 Å². The number of carbonyl (C=O) groups is 1. The van der Waals surface area contributed by atoms with E-state index in [1.54, 1.807) is 26.2 Å². The molecule has 0 bridgehead atoms. The lowest BCUT2D eigenvalue weighted by molar-refractivity contribution is -0.131. The molecule has 1 aromatic heterocycles. The maximum Gasteiger partial charge on any atom is 0.328 e. The summed E-state index contributed by atoms with van der Waals surface area (Å²) in [6.07, 6.45) is 6.62. The molecule has 0 atom stereocenters. The Balaban J connectivity index is 3.01. The van der Waals surface area contributed by atoms with Gasteiger partial charge in [-0.1, -0.05) is 18.2 Å². The van der Waals surface area contributed by atoms with Crippen LogP contribution in [0.1, 0.15) is 33.3 Å². The molecular weight excluding hydrogens is 294 g/mol. The van der Waals surface area contributed by atoms with Crippen molar-refractivity contribution in [3.8, 4) is 11.8 Å². The Morgan fingerprint density at radius 1 is 1.26 bits per heavy atom. The highest BCUT2D eigenvalue weighted by molar-refractivity contribution is 5.81. The van der Waals surface area contributed by atoms with Crippen molar-refractivity contribution in [3.05, 3.63) is 47.6 Å². The molecule has 23 heavy (non-hydrogen) atoms. The van der Waals surface area contributed by atoms with E-state index < -0.39 is 5.97 Å². The van der Waals surface area contributed by atoms with Crippen molar-refractivity contribution < 1.29 is 19.4 Å². The van der Waals surface area contributed by atoms with Gasteiger partial charge in [0.2, 0.25) is 11.8 Å². The molecule has 0 spiro atoms. The van der Waals surface area contributed by atoms with Crippen molar-refractivity contribution >= 4 is 11.5 Å². The van der Waals surface area contributed by atoms with E-state index in [1.165, 1.54) is 0 Å². The van der Waals surface area contributed by atoms with Gasteiger partial charge in [0.1, 0.15) is 0 Å². The normalized spacial score (nSPS) is 12.8. The van der Waals surface area contributed by atoms with Crippen LogP contribution in [-0.2, 0) is 4.79 Å². The largest absolute Gasteiger partial charge is 0.481 e. The number of nitrogens with zero attached hydrogens (tertiary/aromatic N) is 1. The highest BCUT2D eigenvalue weighted by Crippen LogP contribution is 2.24. The predicted octanol–water partition coefficient (Wildman–Crippen LogP) is 3.87. The molecule has 0 aromatic carbocycles. The molecule has 1 rings (SSSR count). The zero-order valence-corrected chi connectivity index (χ0v) is 14.2. The minimum absolute atomic E-state index is 0.0236. The molecule has 0 aliphatic rings. The van der Waals surface area contributed by atoms with Crippen molar-refractivity contribution in [2.45, 2.75) is 33.8 Å². The average molecular weight is 317 g/mol. The maximum absolute atomic E-state index is 10.6. The van der Waals surface area contributed by atoms with Crippen LogP contribution in [0.4, 0.5) is 0 Å². The molecule has 5 nitrogen and oxygen atoms in total. The highest BCUT2D eigenvalue weighted by atomic mass is 16.5. The van der Waals surface area contributed by atoms with Crippen LogP contribution in [0.5, 0.6) is 11.8 Å². The molecule has 1 heterocycles. The number of hydrogen-bond acceptors (Lipinski definition) is 4. The van der Waals surface area contributed by atoms with Crippen LogP contribution in [0.2, 0.25) is 0 Å². The second kappa shape index (κ2) is 8.78. The number of pyridine rings is 1. The van der Waals surface area contributed by atoms with Crippen LogP contribution in [0, 0.1) is 0 Å². The average Bonchev–Trinajstić information content (AvgIpc) is 2.45. The summed E-state index contributed by atoms with van der Waals surface area (Å²) in [4.78, 5) is 14.8. The second-order valence-corrected chi connectivity index (χ2v) is 5.34. The molecule has 0 aliphatic carbocycles. The van der Waals surface area contributed by atoms with Gasteiger partial charge in [0.25, 0.3) is 0 Å². The molecule has 1 aromatic rings. The Kier molecular flexibility index (Phi) is 7.06. The first-order chi connectivity index (χ1) is 10.8. The summed E-state index contributed by atoms with van der Waals surface area (Å²) in [6.45, 7) is 7.56. The fourth-order valence-corrected chi connectivity index (χ4v) is 1.80. The van der Waals surface area contributed by atoms with Crippen LogP contribution in [-0.4, -0.2) is 29.3 Å². The first kappa shape index (κ1) is 18.5. The Hall–Kier alpha value is -2.56.